The first kappa shape index (κ1) is 17.4. The number of nitrogens with zero attached hydrogens (tertiary/aromatic N) is 1. The molecule has 8 heteroatoms. The molecule has 22 heavy (non-hydrogen) atoms. The molecular formula is C14H22N2O4S2. The second-order valence-electron chi connectivity index (χ2n) is 5.67. The van der Waals surface area contributed by atoms with Crippen molar-refractivity contribution in [3.63, 3.8) is 0 Å². The minimum Gasteiger partial charge on any atom is -0.386 e. The number of hydrogen-bond acceptors (Lipinski definition) is 5. The van der Waals surface area contributed by atoms with E-state index in [0.29, 0.717) is 25.9 Å². The molecule has 2 N–H and O–H groups in total. The Kier molecular flexibility index (Phi) is 5.60. The van der Waals surface area contributed by atoms with E-state index >= 15 is 0 Å². The second kappa shape index (κ2) is 7.08. The lowest BCUT2D eigenvalue weighted by Crippen LogP contribution is -2.43. The number of thiophene rings is 1. The zero-order valence-electron chi connectivity index (χ0n) is 12.8. The van der Waals surface area contributed by atoms with Crippen molar-refractivity contribution in [3.05, 3.63) is 21.9 Å². The van der Waals surface area contributed by atoms with Gasteiger partial charge in [-0.15, -0.1) is 11.3 Å². The third-order valence-corrected chi connectivity index (χ3v) is 6.39. The van der Waals surface area contributed by atoms with Crippen LogP contribution in [0.15, 0.2) is 11.4 Å². The number of nitrogens with one attached hydrogen (secondary N) is 1. The van der Waals surface area contributed by atoms with Gasteiger partial charge in [-0.3, -0.25) is 4.79 Å². The van der Waals surface area contributed by atoms with Crippen LogP contribution in [0.3, 0.4) is 0 Å². The average Bonchev–Trinajstić information content (AvgIpc) is 2.90. The SMILES string of the molecule is Cc1ccsc1C(O)CNC(=O)C1CCN(S(C)(=O)=O)CC1. The van der Waals surface area contributed by atoms with Crippen molar-refractivity contribution in [2.24, 2.45) is 5.92 Å². The van der Waals surface area contributed by atoms with Crippen molar-refractivity contribution in [2.75, 3.05) is 25.9 Å². The molecule has 0 aromatic carbocycles. The highest BCUT2D eigenvalue weighted by Crippen LogP contribution is 2.24. The van der Waals surface area contributed by atoms with Crippen LogP contribution in [0.2, 0.25) is 0 Å². The summed E-state index contributed by atoms with van der Waals surface area (Å²) in [6, 6.07) is 1.94. The van der Waals surface area contributed by atoms with Gasteiger partial charge in [-0.05, 0) is 36.8 Å². The Morgan fingerprint density at radius 2 is 2.14 bits per heavy atom. The van der Waals surface area contributed by atoms with Crippen LogP contribution < -0.4 is 5.32 Å². The summed E-state index contributed by atoms with van der Waals surface area (Å²) in [5, 5.41) is 14.8. The third-order valence-electron chi connectivity index (χ3n) is 3.97. The summed E-state index contributed by atoms with van der Waals surface area (Å²) in [5.41, 5.74) is 1.02. The highest BCUT2D eigenvalue weighted by atomic mass is 32.2. The number of sulfonamides is 1. The number of hydrogen-bond donors (Lipinski definition) is 2. The van der Waals surface area contributed by atoms with E-state index in [1.165, 1.54) is 21.9 Å². The molecule has 0 aliphatic carbocycles. The maximum Gasteiger partial charge on any atom is 0.223 e. The fraction of sp³-hybridized carbons (Fsp3) is 0.643. The number of piperidine rings is 1. The maximum absolute atomic E-state index is 12.1. The molecule has 0 saturated carbocycles. The van der Waals surface area contributed by atoms with Crippen molar-refractivity contribution in [1.29, 1.82) is 0 Å². The maximum atomic E-state index is 12.1. The standard InChI is InChI=1S/C14H22N2O4S2/c1-10-5-8-21-13(10)12(17)9-15-14(18)11-3-6-16(7-4-11)22(2,19)20/h5,8,11-12,17H,3-4,6-7,9H2,1-2H3,(H,15,18). The summed E-state index contributed by atoms with van der Waals surface area (Å²) in [6.45, 7) is 2.87. The zero-order chi connectivity index (χ0) is 16.3. The van der Waals surface area contributed by atoms with Gasteiger partial charge in [0.1, 0.15) is 6.10 Å². The van der Waals surface area contributed by atoms with Crippen LogP contribution in [-0.2, 0) is 14.8 Å². The summed E-state index contributed by atoms with van der Waals surface area (Å²) in [6.07, 6.45) is 1.53. The minimum atomic E-state index is -3.17. The number of carbonyl (C=O) groups is 1. The molecule has 2 rings (SSSR count). The van der Waals surface area contributed by atoms with E-state index in [9.17, 15) is 18.3 Å². The van der Waals surface area contributed by atoms with Gasteiger partial charge in [-0.1, -0.05) is 0 Å². The first-order valence-corrected chi connectivity index (χ1v) is 9.96. The molecule has 1 atom stereocenters. The van der Waals surface area contributed by atoms with Crippen LogP contribution >= 0.6 is 11.3 Å². The van der Waals surface area contributed by atoms with Crippen LogP contribution in [0.5, 0.6) is 0 Å². The van der Waals surface area contributed by atoms with Gasteiger partial charge in [-0.2, -0.15) is 0 Å². The van der Waals surface area contributed by atoms with E-state index in [1.807, 2.05) is 18.4 Å². The topological polar surface area (TPSA) is 86.7 Å². The molecule has 1 aromatic rings. The van der Waals surface area contributed by atoms with Crippen LogP contribution in [0, 0.1) is 12.8 Å². The zero-order valence-corrected chi connectivity index (χ0v) is 14.4. The first-order valence-electron chi connectivity index (χ1n) is 7.24. The van der Waals surface area contributed by atoms with Gasteiger partial charge >= 0.3 is 0 Å². The Bertz CT molecular complexity index is 619. The number of rotatable bonds is 5. The second-order valence-corrected chi connectivity index (χ2v) is 8.60. The largest absolute Gasteiger partial charge is 0.386 e. The van der Waals surface area contributed by atoms with Crippen molar-refractivity contribution >= 4 is 27.3 Å². The fourth-order valence-corrected chi connectivity index (χ4v) is 4.40. The molecule has 1 amide bonds. The average molecular weight is 346 g/mol. The molecule has 0 bridgehead atoms. The van der Waals surface area contributed by atoms with Gasteiger partial charge in [0.05, 0.1) is 6.26 Å². The van der Waals surface area contributed by atoms with Gasteiger partial charge in [0, 0.05) is 30.4 Å². The number of aryl methyl sites for hydroxylation is 1. The van der Waals surface area contributed by atoms with Gasteiger partial charge < -0.3 is 10.4 Å². The Morgan fingerprint density at radius 3 is 2.64 bits per heavy atom. The number of aliphatic hydroxyl groups is 1. The van der Waals surface area contributed by atoms with Crippen LogP contribution in [0.4, 0.5) is 0 Å². The smallest absolute Gasteiger partial charge is 0.223 e. The Labute approximate surface area is 135 Å². The van der Waals surface area contributed by atoms with E-state index < -0.39 is 16.1 Å². The molecule has 0 spiro atoms. The van der Waals surface area contributed by atoms with Crippen LogP contribution in [-0.4, -0.2) is 49.6 Å². The highest BCUT2D eigenvalue weighted by molar-refractivity contribution is 7.88. The number of amides is 1. The molecule has 1 aliphatic heterocycles. The van der Waals surface area contributed by atoms with E-state index in [1.54, 1.807) is 0 Å². The van der Waals surface area contributed by atoms with Gasteiger partial charge in [0.15, 0.2) is 0 Å². The Morgan fingerprint density at radius 1 is 1.50 bits per heavy atom. The van der Waals surface area contributed by atoms with Crippen molar-refractivity contribution in [3.8, 4) is 0 Å². The van der Waals surface area contributed by atoms with Crippen molar-refractivity contribution < 1.29 is 18.3 Å². The van der Waals surface area contributed by atoms with Gasteiger partial charge in [0.2, 0.25) is 15.9 Å². The molecular weight excluding hydrogens is 324 g/mol. The predicted octanol–water partition coefficient (Wildman–Crippen LogP) is 0.878. The summed E-state index contributed by atoms with van der Waals surface area (Å²) in [5.74, 6) is -0.295. The Hall–Kier alpha value is -0.960. The van der Waals surface area contributed by atoms with Crippen LogP contribution in [0.25, 0.3) is 0 Å². The van der Waals surface area contributed by atoms with E-state index in [4.69, 9.17) is 0 Å². The molecule has 2 heterocycles. The quantitative estimate of drug-likeness (QED) is 0.828. The predicted molar refractivity (Wildman–Crippen MR) is 86.2 cm³/mol. The van der Waals surface area contributed by atoms with Gasteiger partial charge in [0.25, 0.3) is 0 Å². The van der Waals surface area contributed by atoms with E-state index in [-0.39, 0.29) is 18.4 Å². The minimum absolute atomic E-state index is 0.110. The lowest BCUT2D eigenvalue weighted by atomic mass is 9.97. The molecule has 1 aromatic heterocycles. The Balaban J connectivity index is 1.80. The summed E-state index contributed by atoms with van der Waals surface area (Å²) >= 11 is 1.47. The normalized spacial score (nSPS) is 19.0. The lowest BCUT2D eigenvalue weighted by molar-refractivity contribution is -0.126. The number of aliphatic hydroxyl groups excluding tert-OH is 1. The molecule has 1 fully saturated rings. The molecule has 1 unspecified atom stereocenters. The molecule has 124 valence electrons. The van der Waals surface area contributed by atoms with E-state index in [2.05, 4.69) is 5.32 Å². The molecule has 6 nitrogen and oxygen atoms in total. The molecule has 0 radical (unpaired) electrons. The van der Waals surface area contributed by atoms with Crippen molar-refractivity contribution in [2.45, 2.75) is 25.9 Å². The highest BCUT2D eigenvalue weighted by Gasteiger charge is 2.29. The number of carbonyl (C=O) groups excluding carboxylic acids is 1. The summed E-state index contributed by atoms with van der Waals surface area (Å²) < 4.78 is 24.3. The fourth-order valence-electron chi connectivity index (χ4n) is 2.61. The third kappa shape index (κ3) is 4.28. The van der Waals surface area contributed by atoms with Crippen molar-refractivity contribution in [1.82, 2.24) is 9.62 Å². The molecule has 1 aliphatic rings. The van der Waals surface area contributed by atoms with E-state index in [0.717, 1.165) is 10.4 Å². The van der Waals surface area contributed by atoms with Gasteiger partial charge in [-0.25, -0.2) is 12.7 Å². The lowest BCUT2D eigenvalue weighted by Gasteiger charge is -2.29. The first-order chi connectivity index (χ1) is 10.3. The summed E-state index contributed by atoms with van der Waals surface area (Å²) in [4.78, 5) is 13.0. The van der Waals surface area contributed by atoms with Crippen LogP contribution in [0.1, 0.15) is 29.4 Å². The summed E-state index contributed by atoms with van der Waals surface area (Å²) in [7, 11) is -3.17. The monoisotopic (exact) mass is 346 g/mol. The molecule has 1 saturated heterocycles.